The van der Waals surface area contributed by atoms with Crippen molar-refractivity contribution < 1.29 is 47.0 Å². The molecule has 2 aliphatic carbocycles. The number of thiophene rings is 1. The molecular formula is C42H45F2I3N2O8S2. The van der Waals surface area contributed by atoms with Crippen molar-refractivity contribution in [3.05, 3.63) is 98.3 Å². The van der Waals surface area contributed by atoms with Gasteiger partial charge in [-0.2, -0.15) is 0 Å². The van der Waals surface area contributed by atoms with Gasteiger partial charge < -0.3 is 9.47 Å². The van der Waals surface area contributed by atoms with E-state index in [1.807, 2.05) is 6.07 Å². The second-order valence-corrected chi connectivity index (χ2v) is 16.8. The van der Waals surface area contributed by atoms with Crippen LogP contribution < -0.4 is 4.74 Å². The highest BCUT2D eigenvalue weighted by atomic mass is 128. The molecule has 2 fully saturated rings. The van der Waals surface area contributed by atoms with Crippen molar-refractivity contribution in [2.75, 3.05) is 19.6 Å². The van der Waals surface area contributed by atoms with Crippen LogP contribution in [0.15, 0.2) is 65.1 Å². The lowest BCUT2D eigenvalue weighted by atomic mass is 9.94. The van der Waals surface area contributed by atoms with E-state index in [2.05, 4.69) is 51.8 Å². The van der Waals surface area contributed by atoms with Gasteiger partial charge in [0.25, 0.3) is 0 Å². The van der Waals surface area contributed by atoms with Gasteiger partial charge in [0.05, 0.1) is 12.1 Å². The Balaban J connectivity index is 0.000000215. The summed E-state index contributed by atoms with van der Waals surface area (Å²) in [6.45, 7) is 6.30. The summed E-state index contributed by atoms with van der Waals surface area (Å²) in [6.07, 6.45) is 5.66. The standard InChI is InChI=1S/C20H20FNO3S.C18H18FNO2S.C4H6O3.I2.HI/c1-12(23)25-18-10-14-11-22(9-8-17(14)26-18)19(20(24)13-6-7-13)15-4-2-3-5-16(15)21;19-14-4-2-1-3-13(14)17(18(22)11-5-6-11)20-8-7-15-12(10-20)9-16(21)23-15;1-3(5)7-4(2)6;1-2;/h2-5,10,13,19H,6-9,11H2,1H3;1-4,11,17H,5-10H2;1-2H3;;1H. The maximum atomic E-state index is 14.4. The Hall–Kier alpha value is -2.18. The first-order chi connectivity index (χ1) is 27.8. The number of carbonyl (C=O) groups is 6. The Morgan fingerprint density at radius 3 is 1.69 bits per heavy atom. The maximum Gasteiger partial charge on any atom is 0.310 e. The van der Waals surface area contributed by atoms with E-state index >= 15 is 0 Å². The molecule has 318 valence electrons. The first kappa shape index (κ1) is 49.5. The van der Waals surface area contributed by atoms with Gasteiger partial charge in [0.1, 0.15) is 11.6 Å². The van der Waals surface area contributed by atoms with Crippen LogP contribution in [0.2, 0.25) is 0 Å². The summed E-state index contributed by atoms with van der Waals surface area (Å²) in [5.41, 5.74) is 3.12. The highest BCUT2D eigenvalue weighted by Crippen LogP contribution is 2.44. The van der Waals surface area contributed by atoms with Crippen LogP contribution in [0.4, 0.5) is 8.78 Å². The molecule has 0 spiro atoms. The molecule has 0 radical (unpaired) electrons. The number of nitrogens with zero attached hydrogens (tertiary/aromatic N) is 2. The third kappa shape index (κ3) is 13.9. The molecule has 3 aromatic rings. The first-order valence-electron chi connectivity index (χ1n) is 18.9. The number of hydrogen-bond donors (Lipinski definition) is 0. The molecular weight excluding hydrogens is 1140 g/mol. The molecule has 0 bridgehead atoms. The van der Waals surface area contributed by atoms with Crippen LogP contribution in [-0.2, 0) is 46.5 Å². The van der Waals surface area contributed by atoms with Crippen molar-refractivity contribution >= 4 is 119 Å². The van der Waals surface area contributed by atoms with E-state index in [0.29, 0.717) is 48.8 Å². The zero-order chi connectivity index (χ0) is 42.1. The Morgan fingerprint density at radius 2 is 1.24 bits per heavy atom. The third-order valence-electron chi connectivity index (χ3n) is 10.0. The fourth-order valence-electron chi connectivity index (χ4n) is 7.26. The molecule has 10 nitrogen and oxygen atoms in total. The Kier molecular flexibility index (Phi) is 19.6. The topological polar surface area (TPSA) is 127 Å². The van der Waals surface area contributed by atoms with E-state index in [4.69, 9.17) is 4.74 Å². The molecule has 8 rings (SSSR count). The van der Waals surface area contributed by atoms with Gasteiger partial charge in [-0.1, -0.05) is 48.2 Å². The summed E-state index contributed by atoms with van der Waals surface area (Å²) in [5, 5.41) is 0.771. The molecule has 2 saturated carbocycles. The lowest BCUT2D eigenvalue weighted by Gasteiger charge is -2.34. The van der Waals surface area contributed by atoms with Crippen LogP contribution in [-0.4, -0.2) is 64.0 Å². The van der Waals surface area contributed by atoms with Gasteiger partial charge in [-0.05, 0) is 72.8 Å². The van der Waals surface area contributed by atoms with Gasteiger partial charge in [0.2, 0.25) is 0 Å². The molecule has 2 unspecified atom stereocenters. The number of hydrogen-bond acceptors (Lipinski definition) is 12. The predicted octanol–water partition coefficient (Wildman–Crippen LogP) is 9.85. The summed E-state index contributed by atoms with van der Waals surface area (Å²) in [4.78, 5) is 74.7. The summed E-state index contributed by atoms with van der Waals surface area (Å²) in [7, 11) is 0. The summed E-state index contributed by atoms with van der Waals surface area (Å²) >= 11 is 7.06. The minimum atomic E-state index is -0.562. The SMILES string of the molecule is CC(=O)OC(C)=O.CC(=O)Oc1cc2c(s1)CCN(C(C(=O)C1CC1)c1ccccc1F)C2.I.II.O=C1CC2=C(CCN(C(C(=O)C3CC3)c3ccccc3F)C2)S1. The van der Waals surface area contributed by atoms with Crippen LogP contribution in [0.5, 0.6) is 5.06 Å². The molecule has 3 aliphatic heterocycles. The van der Waals surface area contributed by atoms with E-state index in [-0.39, 0.29) is 70.1 Å². The number of rotatable bonds is 9. The van der Waals surface area contributed by atoms with Gasteiger partial charge in [-0.25, -0.2) is 8.78 Å². The molecule has 17 heteroatoms. The first-order valence-corrected chi connectivity index (χ1v) is 26.8. The van der Waals surface area contributed by atoms with Gasteiger partial charge in [-0.15, -0.1) is 35.3 Å². The normalized spacial score (nSPS) is 18.1. The minimum absolute atomic E-state index is 0. The molecule has 2 atom stereocenters. The van der Waals surface area contributed by atoms with Crippen LogP contribution in [0, 0.1) is 23.5 Å². The van der Waals surface area contributed by atoms with Gasteiger partial charge in [0, 0.05) is 118 Å². The number of benzene rings is 2. The Labute approximate surface area is 391 Å². The van der Waals surface area contributed by atoms with Crippen molar-refractivity contribution in [1.29, 1.82) is 0 Å². The smallest absolute Gasteiger partial charge is 0.310 e. The molecule has 1 aromatic heterocycles. The summed E-state index contributed by atoms with van der Waals surface area (Å²) in [5.74, 6) is -1.72. The quantitative estimate of drug-likeness (QED) is 0.115. The van der Waals surface area contributed by atoms with Crippen molar-refractivity contribution in [3.63, 3.8) is 0 Å². The van der Waals surface area contributed by atoms with E-state index < -0.39 is 24.0 Å². The molecule has 4 heterocycles. The van der Waals surface area contributed by atoms with Crippen molar-refractivity contribution in [2.45, 2.75) is 84.3 Å². The fraction of sp³-hybridized carbons (Fsp3) is 0.429. The van der Waals surface area contributed by atoms with Crippen LogP contribution in [0.25, 0.3) is 0 Å². The highest BCUT2D eigenvalue weighted by Gasteiger charge is 2.42. The van der Waals surface area contributed by atoms with E-state index in [9.17, 15) is 37.5 Å². The number of thioether (sulfide) groups is 1. The number of fused-ring (bicyclic) bond motifs is 1. The number of halogens is 5. The molecule has 0 saturated heterocycles. The lowest BCUT2D eigenvalue weighted by molar-refractivity contribution is -0.156. The van der Waals surface area contributed by atoms with E-state index in [1.165, 1.54) is 60.9 Å². The number of carbonyl (C=O) groups excluding carboxylic acids is 6. The van der Waals surface area contributed by atoms with Crippen molar-refractivity contribution in [1.82, 2.24) is 9.80 Å². The van der Waals surface area contributed by atoms with Gasteiger partial charge >= 0.3 is 17.9 Å². The molecule has 0 amide bonds. The number of esters is 3. The molecule has 2 aromatic carbocycles. The predicted molar refractivity (Wildman–Crippen MR) is 250 cm³/mol. The second kappa shape index (κ2) is 23.3. The van der Waals surface area contributed by atoms with Crippen LogP contribution in [0.3, 0.4) is 0 Å². The van der Waals surface area contributed by atoms with E-state index in [1.54, 1.807) is 36.4 Å². The average molecular weight is 1190 g/mol. The van der Waals surface area contributed by atoms with Crippen molar-refractivity contribution in [2.24, 2.45) is 11.8 Å². The minimum Gasteiger partial charge on any atom is -0.416 e. The maximum absolute atomic E-state index is 14.4. The Morgan fingerprint density at radius 1 is 0.746 bits per heavy atom. The molecule has 59 heavy (non-hydrogen) atoms. The number of ether oxygens (including phenoxy) is 2. The molecule has 5 aliphatic rings. The van der Waals surface area contributed by atoms with Gasteiger partial charge in [0.15, 0.2) is 21.7 Å². The largest absolute Gasteiger partial charge is 0.416 e. The van der Waals surface area contributed by atoms with Gasteiger partial charge in [-0.3, -0.25) is 38.6 Å². The average Bonchev–Trinajstić information content (AvgIpc) is 4.12. The third-order valence-corrected chi connectivity index (χ3v) is 12.3. The number of ketones is 2. The molecule has 0 N–H and O–H groups in total. The lowest BCUT2D eigenvalue weighted by Crippen LogP contribution is -2.39. The highest BCUT2D eigenvalue weighted by molar-refractivity contribution is 15.0. The van der Waals surface area contributed by atoms with Crippen molar-refractivity contribution in [3.8, 4) is 5.06 Å². The zero-order valence-corrected chi connectivity index (χ0v) is 41.0. The second-order valence-electron chi connectivity index (χ2n) is 14.5. The van der Waals surface area contributed by atoms with Crippen LogP contribution in [0.1, 0.15) is 92.9 Å². The van der Waals surface area contributed by atoms with E-state index in [0.717, 1.165) is 54.6 Å². The zero-order valence-electron chi connectivity index (χ0n) is 32.7. The fourth-order valence-corrected chi connectivity index (χ4v) is 9.30. The Bertz CT molecular complexity index is 2060. The summed E-state index contributed by atoms with van der Waals surface area (Å²) < 4.78 is 37.9. The monoisotopic (exact) mass is 1190 g/mol. The number of Topliss-reactive ketones (excluding diaryl/α,β-unsaturated/α-hetero) is 2. The summed E-state index contributed by atoms with van der Waals surface area (Å²) in [6, 6.07) is 14.0. The van der Waals surface area contributed by atoms with Crippen LogP contribution >= 0.6 is 84.3 Å².